The first-order valence-corrected chi connectivity index (χ1v) is 12.0. The molecule has 1 aromatic heterocycles. The lowest BCUT2D eigenvalue weighted by Gasteiger charge is -2.35. The van der Waals surface area contributed by atoms with Gasteiger partial charge in [-0.1, -0.05) is 23.9 Å². The van der Waals surface area contributed by atoms with Crippen LogP contribution in [0.5, 0.6) is 0 Å². The van der Waals surface area contributed by atoms with Crippen LogP contribution in [0.3, 0.4) is 0 Å². The Bertz CT molecular complexity index is 1250. The van der Waals surface area contributed by atoms with E-state index in [9.17, 15) is 9.59 Å². The highest BCUT2D eigenvalue weighted by Crippen LogP contribution is 2.39. The van der Waals surface area contributed by atoms with E-state index in [0.29, 0.717) is 43.4 Å². The zero-order chi connectivity index (χ0) is 24.3. The molecule has 1 aliphatic rings. The van der Waals surface area contributed by atoms with Crippen LogP contribution in [-0.4, -0.2) is 58.7 Å². The SMILES string of the molecule is C/C(=N\C(=O)C1(c2cccc(Sc3ccc(-n4nc(C)[nH]c4=O)cc3)c2)CCOCC1)N(C)C. The molecule has 178 valence electrons. The van der Waals surface area contributed by atoms with E-state index in [0.717, 1.165) is 15.4 Å². The van der Waals surface area contributed by atoms with Crippen molar-refractivity contribution in [3.63, 3.8) is 0 Å². The van der Waals surface area contributed by atoms with Gasteiger partial charge in [0.2, 0.25) is 0 Å². The molecule has 1 N–H and O–H groups in total. The van der Waals surface area contributed by atoms with Crippen LogP contribution in [0.15, 0.2) is 68.1 Å². The number of rotatable bonds is 5. The highest BCUT2D eigenvalue weighted by atomic mass is 32.2. The standard InChI is InChI=1S/C25H29N5O3S/c1-17-26-24(32)30(28-17)20-8-10-21(11-9-20)34-22-7-5-6-19(16-22)25(12-14-33-15-13-25)23(31)27-18(2)29(3)4/h5-11,16H,12-15H2,1-4H3,(H,26,28,32)/b27-18+. The monoisotopic (exact) mass is 479 g/mol. The van der Waals surface area contributed by atoms with Gasteiger partial charge >= 0.3 is 5.69 Å². The van der Waals surface area contributed by atoms with Gasteiger partial charge in [-0.3, -0.25) is 9.78 Å². The first kappa shape index (κ1) is 24.0. The molecule has 0 aliphatic carbocycles. The molecule has 1 amide bonds. The largest absolute Gasteiger partial charge is 0.381 e. The summed E-state index contributed by atoms with van der Waals surface area (Å²) in [5, 5.41) is 4.20. The highest BCUT2D eigenvalue weighted by Gasteiger charge is 2.42. The van der Waals surface area contributed by atoms with Crippen LogP contribution in [0.2, 0.25) is 0 Å². The number of aromatic amines is 1. The van der Waals surface area contributed by atoms with Crippen LogP contribution in [0.25, 0.3) is 5.69 Å². The number of benzene rings is 2. The van der Waals surface area contributed by atoms with Crippen molar-refractivity contribution in [3.8, 4) is 5.69 Å². The molecule has 8 nitrogen and oxygen atoms in total. The van der Waals surface area contributed by atoms with Gasteiger partial charge in [-0.15, -0.1) is 0 Å². The topological polar surface area (TPSA) is 92.6 Å². The molecular weight excluding hydrogens is 450 g/mol. The summed E-state index contributed by atoms with van der Waals surface area (Å²) in [4.78, 5) is 36.4. The number of nitrogens with one attached hydrogen (secondary N) is 1. The van der Waals surface area contributed by atoms with Gasteiger partial charge in [-0.05, 0) is 68.7 Å². The van der Waals surface area contributed by atoms with Crippen molar-refractivity contribution in [2.45, 2.75) is 41.9 Å². The molecule has 0 bridgehead atoms. The van der Waals surface area contributed by atoms with Crippen molar-refractivity contribution in [1.82, 2.24) is 19.7 Å². The fraction of sp³-hybridized carbons (Fsp3) is 0.360. The van der Waals surface area contributed by atoms with Crippen molar-refractivity contribution in [1.29, 1.82) is 0 Å². The fourth-order valence-corrected chi connectivity index (χ4v) is 4.83. The second-order valence-corrected chi connectivity index (χ2v) is 9.75. The Hall–Kier alpha value is -3.17. The van der Waals surface area contributed by atoms with Crippen LogP contribution in [0.1, 0.15) is 31.2 Å². The molecule has 9 heteroatoms. The van der Waals surface area contributed by atoms with Crippen LogP contribution >= 0.6 is 11.8 Å². The number of ether oxygens (including phenoxy) is 1. The summed E-state index contributed by atoms with van der Waals surface area (Å²) in [5.74, 6) is 1.14. The van der Waals surface area contributed by atoms with E-state index in [1.54, 1.807) is 18.7 Å². The second kappa shape index (κ2) is 9.99. The van der Waals surface area contributed by atoms with Crippen LogP contribution in [0.4, 0.5) is 0 Å². The Kier molecular flexibility index (Phi) is 7.04. The van der Waals surface area contributed by atoms with Gasteiger partial charge in [0.25, 0.3) is 5.91 Å². The predicted octanol–water partition coefficient (Wildman–Crippen LogP) is 3.58. The average Bonchev–Trinajstić information content (AvgIpc) is 3.17. The molecule has 0 saturated carbocycles. The van der Waals surface area contributed by atoms with E-state index in [1.807, 2.05) is 68.4 Å². The molecule has 2 aromatic carbocycles. The molecule has 34 heavy (non-hydrogen) atoms. The molecule has 0 atom stereocenters. The summed E-state index contributed by atoms with van der Waals surface area (Å²) in [6, 6.07) is 15.8. The Morgan fingerprint density at radius 2 is 1.85 bits per heavy atom. The van der Waals surface area contributed by atoms with Gasteiger partial charge in [0.1, 0.15) is 11.7 Å². The zero-order valence-electron chi connectivity index (χ0n) is 19.9. The van der Waals surface area contributed by atoms with E-state index in [2.05, 4.69) is 21.1 Å². The van der Waals surface area contributed by atoms with E-state index < -0.39 is 5.41 Å². The maximum atomic E-state index is 13.4. The summed E-state index contributed by atoms with van der Waals surface area (Å²) in [6.45, 7) is 4.66. The first-order valence-electron chi connectivity index (χ1n) is 11.2. The van der Waals surface area contributed by atoms with Gasteiger partial charge in [0.15, 0.2) is 0 Å². The van der Waals surface area contributed by atoms with E-state index in [-0.39, 0.29) is 11.6 Å². The summed E-state index contributed by atoms with van der Waals surface area (Å²) < 4.78 is 6.93. The minimum atomic E-state index is -0.686. The van der Waals surface area contributed by atoms with Crippen LogP contribution < -0.4 is 5.69 Å². The molecular formula is C25H29N5O3S. The number of H-pyrrole nitrogens is 1. The maximum Gasteiger partial charge on any atom is 0.348 e. The first-order chi connectivity index (χ1) is 16.3. The van der Waals surface area contributed by atoms with Crippen molar-refractivity contribution < 1.29 is 9.53 Å². The molecule has 2 heterocycles. The number of carbonyl (C=O) groups excluding carboxylic acids is 1. The van der Waals surface area contributed by atoms with Crippen molar-refractivity contribution >= 4 is 23.5 Å². The Morgan fingerprint density at radius 1 is 1.15 bits per heavy atom. The number of nitrogens with zero attached hydrogens (tertiary/aromatic N) is 4. The molecule has 0 unspecified atom stereocenters. The normalized spacial score (nSPS) is 15.8. The molecule has 0 spiro atoms. The third-order valence-electron chi connectivity index (χ3n) is 6.10. The number of hydrogen-bond donors (Lipinski definition) is 1. The summed E-state index contributed by atoms with van der Waals surface area (Å²) in [5.41, 5.74) is 0.725. The number of aromatic nitrogens is 3. The molecule has 3 aromatic rings. The minimum absolute atomic E-state index is 0.117. The lowest BCUT2D eigenvalue weighted by atomic mass is 9.73. The maximum absolute atomic E-state index is 13.4. The average molecular weight is 480 g/mol. The fourth-order valence-electron chi connectivity index (χ4n) is 3.95. The van der Waals surface area contributed by atoms with Gasteiger partial charge in [0, 0.05) is 37.1 Å². The quantitative estimate of drug-likeness (QED) is 0.444. The molecule has 0 radical (unpaired) electrons. The molecule has 1 saturated heterocycles. The van der Waals surface area contributed by atoms with Crippen molar-refractivity contribution in [2.75, 3.05) is 27.3 Å². The van der Waals surface area contributed by atoms with Gasteiger partial charge in [-0.25, -0.2) is 4.79 Å². The van der Waals surface area contributed by atoms with E-state index >= 15 is 0 Å². The van der Waals surface area contributed by atoms with E-state index in [1.165, 1.54) is 4.68 Å². The third-order valence-corrected chi connectivity index (χ3v) is 7.10. The number of amidine groups is 1. The predicted molar refractivity (Wildman–Crippen MR) is 133 cm³/mol. The van der Waals surface area contributed by atoms with Crippen LogP contribution in [0, 0.1) is 6.92 Å². The Balaban J connectivity index is 1.60. The number of hydrogen-bond acceptors (Lipinski definition) is 5. The molecule has 4 rings (SSSR count). The van der Waals surface area contributed by atoms with Crippen molar-refractivity contribution in [2.24, 2.45) is 4.99 Å². The summed E-state index contributed by atoms with van der Waals surface area (Å²) >= 11 is 1.61. The lowest BCUT2D eigenvalue weighted by molar-refractivity contribution is -0.126. The molecule has 1 fully saturated rings. The Morgan fingerprint density at radius 3 is 2.47 bits per heavy atom. The highest BCUT2D eigenvalue weighted by molar-refractivity contribution is 7.99. The lowest BCUT2D eigenvalue weighted by Crippen LogP contribution is -2.41. The number of amides is 1. The smallest absolute Gasteiger partial charge is 0.348 e. The zero-order valence-corrected chi connectivity index (χ0v) is 20.7. The van der Waals surface area contributed by atoms with E-state index in [4.69, 9.17) is 4.74 Å². The third kappa shape index (κ3) is 5.00. The van der Waals surface area contributed by atoms with Gasteiger partial charge < -0.3 is 9.64 Å². The van der Waals surface area contributed by atoms with Gasteiger partial charge in [0.05, 0.1) is 11.1 Å². The minimum Gasteiger partial charge on any atom is -0.381 e. The van der Waals surface area contributed by atoms with Crippen LogP contribution in [-0.2, 0) is 14.9 Å². The number of carbonyl (C=O) groups is 1. The second-order valence-electron chi connectivity index (χ2n) is 8.60. The van der Waals surface area contributed by atoms with Crippen molar-refractivity contribution in [3.05, 3.63) is 70.4 Å². The Labute approximate surface area is 203 Å². The number of aryl methyl sites for hydroxylation is 1. The van der Waals surface area contributed by atoms with Gasteiger partial charge in [-0.2, -0.15) is 14.8 Å². The molecule has 1 aliphatic heterocycles. The number of aliphatic imine (C=N–C) groups is 1. The summed E-state index contributed by atoms with van der Waals surface area (Å²) in [6.07, 6.45) is 1.22. The summed E-state index contributed by atoms with van der Waals surface area (Å²) in [7, 11) is 3.77.